The van der Waals surface area contributed by atoms with Gasteiger partial charge in [-0.05, 0) is 54.1 Å². The summed E-state index contributed by atoms with van der Waals surface area (Å²) in [7, 11) is -2.74. The Morgan fingerprint density at radius 2 is 1.85 bits per heavy atom. The molecule has 204 valence electrons. The van der Waals surface area contributed by atoms with Gasteiger partial charge in [0.1, 0.15) is 6.04 Å². The Morgan fingerprint density at radius 1 is 1.10 bits per heavy atom. The summed E-state index contributed by atoms with van der Waals surface area (Å²) in [4.78, 5) is 38.3. The number of carbonyl (C=O) groups is 2. The van der Waals surface area contributed by atoms with Gasteiger partial charge in [0.25, 0.3) is 5.91 Å². The number of amides is 2. The number of nitrogens with one attached hydrogen (secondary N) is 2. The largest absolute Gasteiger partial charge is 0.494 e. The molecule has 0 fully saturated rings. The molecular formula is C27H23ClN6O5S. The van der Waals surface area contributed by atoms with Crippen LogP contribution in [0.2, 0.25) is 5.02 Å². The van der Waals surface area contributed by atoms with Crippen LogP contribution >= 0.6 is 11.6 Å². The molecule has 4 aromatic rings. The van der Waals surface area contributed by atoms with Gasteiger partial charge in [-0.25, -0.2) is 18.4 Å². The zero-order valence-electron chi connectivity index (χ0n) is 21.1. The standard InChI is InChI=1S/C27H23ClN6O5S/c1-39-21-14-30-27(31-15-21)33-25(35)17-6-9-22(10-7-17)40(37,38)34-16-18-5-8-19(28)12-23(18)32-26(36)24(34)13-20-4-2-3-11-29-20/h2-12,14-15,24H,13,16H2,1H3,(H,32,36)(H,30,31,33,35). The summed E-state index contributed by atoms with van der Waals surface area (Å²) in [5.41, 5.74) is 1.77. The molecule has 0 radical (unpaired) electrons. The third kappa shape index (κ3) is 5.78. The van der Waals surface area contributed by atoms with Crippen molar-refractivity contribution in [3.05, 3.63) is 101 Å². The number of methoxy groups -OCH3 is 1. The van der Waals surface area contributed by atoms with Crippen molar-refractivity contribution in [1.82, 2.24) is 19.3 Å². The third-order valence-corrected chi connectivity index (χ3v) is 8.35. The fraction of sp³-hybridized carbons (Fsp3) is 0.148. The predicted molar refractivity (Wildman–Crippen MR) is 148 cm³/mol. The van der Waals surface area contributed by atoms with Gasteiger partial charge >= 0.3 is 0 Å². The number of halogens is 1. The number of anilines is 2. The molecule has 1 unspecified atom stereocenters. The number of pyridine rings is 1. The topological polar surface area (TPSA) is 143 Å². The number of ether oxygens (including phenoxy) is 1. The maximum Gasteiger partial charge on any atom is 0.258 e. The summed E-state index contributed by atoms with van der Waals surface area (Å²) >= 11 is 6.13. The zero-order chi connectivity index (χ0) is 28.3. The van der Waals surface area contributed by atoms with E-state index in [-0.39, 0.29) is 29.4 Å². The lowest BCUT2D eigenvalue weighted by molar-refractivity contribution is -0.119. The Bertz CT molecular complexity index is 1650. The number of hydrogen-bond acceptors (Lipinski definition) is 8. The van der Waals surface area contributed by atoms with Gasteiger partial charge in [-0.2, -0.15) is 4.31 Å². The molecule has 0 spiro atoms. The number of carbonyl (C=O) groups excluding carboxylic acids is 2. The summed E-state index contributed by atoms with van der Waals surface area (Å²) in [6.45, 7) is -0.0812. The number of fused-ring (bicyclic) bond motifs is 1. The Labute approximate surface area is 235 Å². The summed E-state index contributed by atoms with van der Waals surface area (Å²) in [5.74, 6) is -0.538. The molecule has 5 rings (SSSR count). The lowest BCUT2D eigenvalue weighted by Crippen LogP contribution is -2.46. The molecule has 0 saturated carbocycles. The lowest BCUT2D eigenvalue weighted by atomic mass is 10.1. The van der Waals surface area contributed by atoms with Crippen LogP contribution in [0.4, 0.5) is 11.6 Å². The van der Waals surface area contributed by atoms with E-state index >= 15 is 0 Å². The molecule has 2 aromatic heterocycles. The van der Waals surface area contributed by atoms with Crippen molar-refractivity contribution in [2.45, 2.75) is 23.9 Å². The van der Waals surface area contributed by atoms with Gasteiger partial charge in [0.2, 0.25) is 21.9 Å². The zero-order valence-corrected chi connectivity index (χ0v) is 22.7. The summed E-state index contributed by atoms with van der Waals surface area (Å²) in [6.07, 6.45) is 4.44. The molecule has 1 aliphatic rings. The first kappa shape index (κ1) is 27.2. The molecule has 0 aliphatic carbocycles. The van der Waals surface area contributed by atoms with Gasteiger partial charge in [0.05, 0.1) is 24.4 Å². The number of sulfonamides is 1. The van der Waals surface area contributed by atoms with Crippen LogP contribution < -0.4 is 15.4 Å². The number of aromatic nitrogens is 3. The number of rotatable bonds is 7. The van der Waals surface area contributed by atoms with Crippen LogP contribution in [0.3, 0.4) is 0 Å². The molecular weight excluding hydrogens is 556 g/mol. The summed E-state index contributed by atoms with van der Waals surface area (Å²) in [5, 5.41) is 5.77. The van der Waals surface area contributed by atoms with E-state index in [4.69, 9.17) is 16.3 Å². The Morgan fingerprint density at radius 3 is 2.52 bits per heavy atom. The molecule has 1 aliphatic heterocycles. The minimum absolute atomic E-state index is 0.0516. The fourth-order valence-electron chi connectivity index (χ4n) is 4.17. The molecule has 0 bridgehead atoms. The Balaban J connectivity index is 1.44. The smallest absolute Gasteiger partial charge is 0.258 e. The van der Waals surface area contributed by atoms with E-state index in [0.29, 0.717) is 27.7 Å². The summed E-state index contributed by atoms with van der Waals surface area (Å²) < 4.78 is 34.1. The first-order chi connectivity index (χ1) is 19.2. The molecule has 2 aromatic carbocycles. The maximum absolute atomic E-state index is 14.0. The van der Waals surface area contributed by atoms with Crippen molar-refractivity contribution in [2.75, 3.05) is 17.7 Å². The van der Waals surface area contributed by atoms with E-state index in [1.54, 1.807) is 42.6 Å². The molecule has 13 heteroatoms. The molecule has 3 heterocycles. The highest BCUT2D eigenvalue weighted by molar-refractivity contribution is 7.89. The van der Waals surface area contributed by atoms with Crippen LogP contribution in [0.5, 0.6) is 5.75 Å². The first-order valence-corrected chi connectivity index (χ1v) is 13.8. The van der Waals surface area contributed by atoms with E-state index in [0.717, 1.165) is 4.31 Å². The van der Waals surface area contributed by atoms with Crippen LogP contribution in [-0.4, -0.2) is 52.6 Å². The van der Waals surface area contributed by atoms with Crippen molar-refractivity contribution >= 4 is 45.1 Å². The molecule has 40 heavy (non-hydrogen) atoms. The maximum atomic E-state index is 14.0. The van der Waals surface area contributed by atoms with Gasteiger partial charge in [-0.3, -0.25) is 19.9 Å². The van der Waals surface area contributed by atoms with Crippen LogP contribution in [0, 0.1) is 0 Å². The summed E-state index contributed by atoms with van der Waals surface area (Å²) in [6, 6.07) is 14.4. The van der Waals surface area contributed by atoms with Crippen LogP contribution in [-0.2, 0) is 27.8 Å². The van der Waals surface area contributed by atoms with Crippen LogP contribution in [0.25, 0.3) is 0 Å². The SMILES string of the molecule is COc1cnc(NC(=O)c2ccc(S(=O)(=O)N3Cc4ccc(Cl)cc4NC(=O)C3Cc3ccccn3)cc2)nc1. The van der Waals surface area contributed by atoms with E-state index in [1.165, 1.54) is 43.8 Å². The quantitative estimate of drug-likeness (QED) is 0.339. The van der Waals surface area contributed by atoms with Crippen molar-refractivity contribution in [3.63, 3.8) is 0 Å². The van der Waals surface area contributed by atoms with E-state index in [1.807, 2.05) is 0 Å². The van der Waals surface area contributed by atoms with E-state index < -0.39 is 27.9 Å². The van der Waals surface area contributed by atoms with Crippen molar-refractivity contribution < 1.29 is 22.7 Å². The Hall–Kier alpha value is -4.39. The highest BCUT2D eigenvalue weighted by Crippen LogP contribution is 2.31. The first-order valence-electron chi connectivity index (χ1n) is 12.0. The van der Waals surface area contributed by atoms with Gasteiger partial charge < -0.3 is 10.1 Å². The second kappa shape index (κ2) is 11.4. The second-order valence-electron chi connectivity index (χ2n) is 8.81. The number of benzene rings is 2. The van der Waals surface area contributed by atoms with Crippen LogP contribution in [0.15, 0.2) is 84.1 Å². The number of hydrogen-bond donors (Lipinski definition) is 2. The van der Waals surface area contributed by atoms with E-state index in [2.05, 4.69) is 25.6 Å². The van der Waals surface area contributed by atoms with Gasteiger partial charge in [0, 0.05) is 41.1 Å². The minimum Gasteiger partial charge on any atom is -0.494 e. The molecule has 1 atom stereocenters. The fourth-order valence-corrected chi connectivity index (χ4v) is 5.90. The molecule has 11 nitrogen and oxygen atoms in total. The van der Waals surface area contributed by atoms with E-state index in [9.17, 15) is 18.0 Å². The van der Waals surface area contributed by atoms with Gasteiger partial charge in [-0.1, -0.05) is 23.7 Å². The molecule has 0 saturated heterocycles. The highest BCUT2D eigenvalue weighted by atomic mass is 35.5. The van der Waals surface area contributed by atoms with Crippen molar-refractivity contribution in [1.29, 1.82) is 0 Å². The van der Waals surface area contributed by atoms with Gasteiger partial charge in [0.15, 0.2) is 5.75 Å². The minimum atomic E-state index is -4.21. The van der Waals surface area contributed by atoms with Crippen molar-refractivity contribution in [3.8, 4) is 5.75 Å². The highest BCUT2D eigenvalue weighted by Gasteiger charge is 2.39. The van der Waals surface area contributed by atoms with Crippen LogP contribution in [0.1, 0.15) is 21.6 Å². The molecule has 2 amide bonds. The predicted octanol–water partition coefficient (Wildman–Crippen LogP) is 3.54. The van der Waals surface area contributed by atoms with Crippen molar-refractivity contribution in [2.24, 2.45) is 0 Å². The molecule has 2 N–H and O–H groups in total. The number of nitrogens with zero attached hydrogens (tertiary/aromatic N) is 4. The average molecular weight is 579 g/mol. The Kier molecular flexibility index (Phi) is 7.74. The third-order valence-electron chi connectivity index (χ3n) is 6.25. The monoisotopic (exact) mass is 578 g/mol. The van der Waals surface area contributed by atoms with Gasteiger partial charge in [-0.15, -0.1) is 0 Å². The average Bonchev–Trinajstić information content (AvgIpc) is 3.10. The second-order valence-corrected chi connectivity index (χ2v) is 11.1. The lowest BCUT2D eigenvalue weighted by Gasteiger charge is -2.27. The normalized spacial score (nSPS) is 15.4.